The lowest BCUT2D eigenvalue weighted by Crippen LogP contribution is -2.14. The second-order valence-electron chi connectivity index (χ2n) is 3.90. The molecule has 2 rings (SSSR count). The fourth-order valence-electron chi connectivity index (χ4n) is 1.69. The van der Waals surface area contributed by atoms with Gasteiger partial charge >= 0.3 is 0 Å². The second kappa shape index (κ2) is 3.93. The van der Waals surface area contributed by atoms with Crippen molar-refractivity contribution in [3.63, 3.8) is 0 Å². The minimum absolute atomic E-state index is 0.101. The molecule has 7 nitrogen and oxygen atoms in total. The highest BCUT2D eigenvalue weighted by Gasteiger charge is 2.12. The van der Waals surface area contributed by atoms with E-state index < -0.39 is 5.91 Å². The zero-order chi connectivity index (χ0) is 12.6. The van der Waals surface area contributed by atoms with Crippen LogP contribution >= 0.6 is 0 Å². The first kappa shape index (κ1) is 11.2. The van der Waals surface area contributed by atoms with Crippen LogP contribution in [0.25, 0.3) is 0 Å². The van der Waals surface area contributed by atoms with Gasteiger partial charge in [0.25, 0.3) is 5.91 Å². The highest BCUT2D eigenvalue weighted by atomic mass is 16.1. The Morgan fingerprint density at radius 1 is 1.47 bits per heavy atom. The summed E-state index contributed by atoms with van der Waals surface area (Å²) in [7, 11) is 1.85. The van der Waals surface area contributed by atoms with Crippen molar-refractivity contribution in [3.05, 3.63) is 29.3 Å². The number of nitrogen functional groups attached to an aromatic ring is 1. The Kier molecular flexibility index (Phi) is 2.58. The van der Waals surface area contributed by atoms with E-state index in [1.165, 1.54) is 0 Å². The molecule has 0 radical (unpaired) electrons. The molecular formula is C10H14N6O. The Labute approximate surface area is 98.0 Å². The van der Waals surface area contributed by atoms with E-state index in [1.54, 1.807) is 15.6 Å². The first-order valence-corrected chi connectivity index (χ1v) is 5.09. The predicted octanol–water partition coefficient (Wildman–Crippen LogP) is -0.346. The smallest absolute Gasteiger partial charge is 0.271 e. The molecule has 0 saturated heterocycles. The van der Waals surface area contributed by atoms with Crippen LogP contribution in [0, 0.1) is 6.92 Å². The monoisotopic (exact) mass is 234 g/mol. The maximum absolute atomic E-state index is 11.0. The Hall–Kier alpha value is -2.31. The first-order valence-electron chi connectivity index (χ1n) is 5.09. The van der Waals surface area contributed by atoms with Gasteiger partial charge < -0.3 is 11.5 Å². The van der Waals surface area contributed by atoms with Gasteiger partial charge in [0.1, 0.15) is 0 Å². The van der Waals surface area contributed by atoms with Crippen molar-refractivity contribution < 1.29 is 4.79 Å². The molecule has 0 unspecified atom stereocenters. The Bertz CT molecular complexity index is 567. The van der Waals surface area contributed by atoms with Crippen molar-refractivity contribution in [3.8, 4) is 0 Å². The van der Waals surface area contributed by atoms with Gasteiger partial charge in [-0.25, -0.2) is 0 Å². The molecule has 2 heterocycles. The number of hydrogen-bond acceptors (Lipinski definition) is 4. The number of hydrogen-bond donors (Lipinski definition) is 2. The van der Waals surface area contributed by atoms with Crippen LogP contribution in [0.4, 0.5) is 5.69 Å². The Morgan fingerprint density at radius 3 is 2.65 bits per heavy atom. The van der Waals surface area contributed by atoms with Crippen molar-refractivity contribution in [1.82, 2.24) is 19.6 Å². The molecule has 17 heavy (non-hydrogen) atoms. The average molecular weight is 234 g/mol. The molecule has 2 aromatic heterocycles. The van der Waals surface area contributed by atoms with Crippen LogP contribution in [-0.4, -0.2) is 25.5 Å². The van der Waals surface area contributed by atoms with Crippen molar-refractivity contribution in [2.75, 3.05) is 5.73 Å². The molecule has 0 aromatic carbocycles. The summed E-state index contributed by atoms with van der Waals surface area (Å²) in [4.78, 5) is 11.0. The van der Waals surface area contributed by atoms with E-state index in [9.17, 15) is 4.79 Å². The zero-order valence-electron chi connectivity index (χ0n) is 9.71. The van der Waals surface area contributed by atoms with Gasteiger partial charge in [-0.3, -0.25) is 14.2 Å². The van der Waals surface area contributed by atoms with E-state index >= 15 is 0 Å². The SMILES string of the molecule is Cc1cc(Cn2cc(N)c(C(N)=O)n2)n(C)n1. The maximum Gasteiger partial charge on any atom is 0.271 e. The van der Waals surface area contributed by atoms with Crippen molar-refractivity contribution in [2.45, 2.75) is 13.5 Å². The summed E-state index contributed by atoms with van der Waals surface area (Å²) in [5, 5.41) is 8.26. The van der Waals surface area contributed by atoms with Gasteiger partial charge in [0.15, 0.2) is 5.69 Å². The van der Waals surface area contributed by atoms with Gasteiger partial charge in [-0.1, -0.05) is 0 Å². The van der Waals surface area contributed by atoms with Gasteiger partial charge in [-0.05, 0) is 13.0 Å². The predicted molar refractivity (Wildman–Crippen MR) is 62.2 cm³/mol. The normalized spacial score (nSPS) is 10.7. The summed E-state index contributed by atoms with van der Waals surface area (Å²) in [6.45, 7) is 2.41. The van der Waals surface area contributed by atoms with Gasteiger partial charge in [-0.2, -0.15) is 10.2 Å². The van der Waals surface area contributed by atoms with Crippen LogP contribution in [0.15, 0.2) is 12.3 Å². The largest absolute Gasteiger partial charge is 0.396 e. The summed E-state index contributed by atoms with van der Waals surface area (Å²) in [5.74, 6) is -0.623. The lowest BCUT2D eigenvalue weighted by atomic mass is 10.3. The summed E-state index contributed by atoms with van der Waals surface area (Å²) in [5.41, 5.74) is 13.1. The fourth-order valence-corrected chi connectivity index (χ4v) is 1.69. The zero-order valence-corrected chi connectivity index (χ0v) is 9.71. The summed E-state index contributed by atoms with van der Waals surface area (Å²) in [6.07, 6.45) is 1.59. The van der Waals surface area contributed by atoms with Crippen LogP contribution in [-0.2, 0) is 13.6 Å². The number of carbonyl (C=O) groups is 1. The fraction of sp³-hybridized carbons (Fsp3) is 0.300. The molecule has 0 aliphatic carbocycles. The van der Waals surface area contributed by atoms with Crippen molar-refractivity contribution in [1.29, 1.82) is 0 Å². The molecule has 0 atom stereocenters. The van der Waals surface area contributed by atoms with Gasteiger partial charge in [0.05, 0.1) is 23.6 Å². The Balaban J connectivity index is 2.28. The van der Waals surface area contributed by atoms with E-state index in [0.29, 0.717) is 6.54 Å². The number of amides is 1. The average Bonchev–Trinajstić information content (AvgIpc) is 2.71. The van der Waals surface area contributed by atoms with E-state index in [4.69, 9.17) is 11.5 Å². The molecule has 0 aliphatic heterocycles. The van der Waals surface area contributed by atoms with Crippen LogP contribution in [0.2, 0.25) is 0 Å². The number of primary amides is 1. The van der Waals surface area contributed by atoms with Crippen LogP contribution in [0.3, 0.4) is 0 Å². The number of aromatic nitrogens is 4. The highest BCUT2D eigenvalue weighted by molar-refractivity contribution is 5.95. The number of rotatable bonds is 3. The van der Waals surface area contributed by atoms with Crippen LogP contribution < -0.4 is 11.5 Å². The summed E-state index contributed by atoms with van der Waals surface area (Å²) in [6, 6.07) is 1.95. The molecule has 90 valence electrons. The van der Waals surface area contributed by atoms with E-state index in [0.717, 1.165) is 11.4 Å². The highest BCUT2D eigenvalue weighted by Crippen LogP contribution is 2.10. The van der Waals surface area contributed by atoms with Gasteiger partial charge in [-0.15, -0.1) is 0 Å². The molecule has 1 amide bonds. The van der Waals surface area contributed by atoms with Crippen molar-refractivity contribution in [2.24, 2.45) is 12.8 Å². The molecule has 2 aromatic rings. The minimum Gasteiger partial charge on any atom is -0.396 e. The van der Waals surface area contributed by atoms with Crippen LogP contribution in [0.1, 0.15) is 21.9 Å². The number of carbonyl (C=O) groups excluding carboxylic acids is 1. The standard InChI is InChI=1S/C10H14N6O/c1-6-3-7(15(2)13-6)4-16-5-8(11)9(14-16)10(12)17/h3,5H,4,11H2,1-2H3,(H2,12,17). The molecule has 7 heteroatoms. The van der Waals surface area contributed by atoms with Gasteiger partial charge in [0.2, 0.25) is 0 Å². The molecule has 0 bridgehead atoms. The van der Waals surface area contributed by atoms with E-state index in [-0.39, 0.29) is 11.4 Å². The molecule has 4 N–H and O–H groups in total. The third-order valence-electron chi connectivity index (χ3n) is 2.45. The van der Waals surface area contributed by atoms with E-state index in [1.807, 2.05) is 20.0 Å². The lowest BCUT2D eigenvalue weighted by molar-refractivity contribution is 0.0995. The molecule has 0 spiro atoms. The van der Waals surface area contributed by atoms with Crippen LogP contribution in [0.5, 0.6) is 0 Å². The Morgan fingerprint density at radius 2 is 2.18 bits per heavy atom. The number of nitrogens with two attached hydrogens (primary N) is 2. The maximum atomic E-state index is 11.0. The summed E-state index contributed by atoms with van der Waals surface area (Å²) >= 11 is 0. The van der Waals surface area contributed by atoms with E-state index in [2.05, 4.69) is 10.2 Å². The second-order valence-corrected chi connectivity index (χ2v) is 3.90. The number of aryl methyl sites for hydroxylation is 2. The number of nitrogens with zero attached hydrogens (tertiary/aromatic N) is 4. The quantitative estimate of drug-likeness (QED) is 0.757. The minimum atomic E-state index is -0.623. The van der Waals surface area contributed by atoms with Gasteiger partial charge in [0, 0.05) is 13.2 Å². The summed E-state index contributed by atoms with van der Waals surface area (Å²) < 4.78 is 3.34. The lowest BCUT2D eigenvalue weighted by Gasteiger charge is -2.01. The molecular weight excluding hydrogens is 220 g/mol. The first-order chi connectivity index (χ1) is 7.97. The molecule has 0 saturated carbocycles. The molecule has 0 fully saturated rings. The number of anilines is 1. The third kappa shape index (κ3) is 2.12. The third-order valence-corrected chi connectivity index (χ3v) is 2.45. The van der Waals surface area contributed by atoms with Crippen molar-refractivity contribution >= 4 is 11.6 Å². The molecule has 0 aliphatic rings. The topological polar surface area (TPSA) is 105 Å².